The first-order valence-electron chi connectivity index (χ1n) is 12.4. The molecule has 0 spiro atoms. The lowest BCUT2D eigenvalue weighted by Gasteiger charge is -2.33. The van der Waals surface area contributed by atoms with Gasteiger partial charge >= 0.3 is 0 Å². The van der Waals surface area contributed by atoms with Crippen molar-refractivity contribution in [1.82, 2.24) is 10.2 Å². The van der Waals surface area contributed by atoms with Crippen molar-refractivity contribution in [2.45, 2.75) is 76.9 Å². The van der Waals surface area contributed by atoms with Crippen LogP contribution in [0.2, 0.25) is 10.0 Å². The van der Waals surface area contributed by atoms with Gasteiger partial charge in [-0.15, -0.1) is 0 Å². The van der Waals surface area contributed by atoms with Crippen LogP contribution in [0.1, 0.15) is 63.0 Å². The third-order valence-corrected chi connectivity index (χ3v) is 7.48. The molecule has 4 rings (SSSR count). The van der Waals surface area contributed by atoms with Gasteiger partial charge < -0.3 is 19.7 Å². The van der Waals surface area contributed by atoms with Gasteiger partial charge in [-0.2, -0.15) is 0 Å². The Labute approximate surface area is 216 Å². The molecule has 1 aliphatic carbocycles. The van der Waals surface area contributed by atoms with E-state index < -0.39 is 6.04 Å². The first kappa shape index (κ1) is 25.6. The number of ether oxygens (including phenoxy) is 2. The number of nitrogens with zero attached hydrogens (tertiary/aromatic N) is 1. The predicted molar refractivity (Wildman–Crippen MR) is 137 cm³/mol. The molecule has 1 heterocycles. The maximum Gasteiger partial charge on any atom is 0.243 e. The Bertz CT molecular complexity index is 1060. The van der Waals surface area contributed by atoms with Crippen LogP contribution >= 0.6 is 23.2 Å². The molecular formula is C27H32Cl2N2O4. The minimum Gasteiger partial charge on any atom is -0.454 e. The monoisotopic (exact) mass is 518 g/mol. The Morgan fingerprint density at radius 3 is 2.49 bits per heavy atom. The number of benzene rings is 2. The number of carbonyl (C=O) groups is 2. The summed E-state index contributed by atoms with van der Waals surface area (Å²) in [5.74, 6) is 1.24. The topological polar surface area (TPSA) is 67.9 Å². The fourth-order valence-corrected chi connectivity index (χ4v) is 5.11. The second-order valence-corrected chi connectivity index (χ2v) is 10.0. The molecule has 2 aromatic rings. The lowest BCUT2D eigenvalue weighted by atomic mass is 9.95. The number of aryl methyl sites for hydroxylation is 1. The van der Waals surface area contributed by atoms with Crippen LogP contribution < -0.4 is 14.8 Å². The van der Waals surface area contributed by atoms with Crippen LogP contribution in [0.5, 0.6) is 11.5 Å². The van der Waals surface area contributed by atoms with Gasteiger partial charge in [0.15, 0.2) is 11.5 Å². The largest absolute Gasteiger partial charge is 0.454 e. The first-order valence-corrected chi connectivity index (χ1v) is 13.1. The van der Waals surface area contributed by atoms with Crippen LogP contribution in [0.4, 0.5) is 0 Å². The number of rotatable bonds is 9. The zero-order chi connectivity index (χ0) is 24.8. The van der Waals surface area contributed by atoms with E-state index >= 15 is 0 Å². The molecule has 1 unspecified atom stereocenters. The van der Waals surface area contributed by atoms with Crippen LogP contribution in [-0.4, -0.2) is 35.6 Å². The summed E-state index contributed by atoms with van der Waals surface area (Å²) in [7, 11) is 0. The molecule has 188 valence electrons. The van der Waals surface area contributed by atoms with E-state index in [2.05, 4.69) is 5.32 Å². The summed E-state index contributed by atoms with van der Waals surface area (Å²) in [5.41, 5.74) is 1.82. The zero-order valence-electron chi connectivity index (χ0n) is 20.0. The van der Waals surface area contributed by atoms with E-state index in [1.54, 1.807) is 17.0 Å². The summed E-state index contributed by atoms with van der Waals surface area (Å²) < 4.78 is 10.8. The second kappa shape index (κ2) is 12.0. The van der Waals surface area contributed by atoms with Gasteiger partial charge in [-0.05, 0) is 61.1 Å². The summed E-state index contributed by atoms with van der Waals surface area (Å²) in [5, 5.41) is 4.09. The summed E-state index contributed by atoms with van der Waals surface area (Å²) in [4.78, 5) is 28.5. The maximum atomic E-state index is 13.5. The molecule has 2 aromatic carbocycles. The van der Waals surface area contributed by atoms with Gasteiger partial charge in [-0.25, -0.2) is 0 Å². The number of hydrogen-bond acceptors (Lipinski definition) is 4. The van der Waals surface area contributed by atoms with Crippen molar-refractivity contribution in [3.05, 3.63) is 57.6 Å². The van der Waals surface area contributed by atoms with Gasteiger partial charge in [0.05, 0.1) is 10.0 Å². The zero-order valence-corrected chi connectivity index (χ0v) is 21.5. The van der Waals surface area contributed by atoms with Crippen molar-refractivity contribution < 1.29 is 19.1 Å². The van der Waals surface area contributed by atoms with Crippen molar-refractivity contribution >= 4 is 35.0 Å². The fraction of sp³-hybridized carbons (Fsp3) is 0.481. The standard InChI is InChI=1S/C27H32Cl2N2O4/c1-2-23(27(33)30-20-6-4-3-5-7-20)31(16-19-8-11-21(28)22(29)14-19)26(32)13-10-18-9-12-24-25(15-18)35-17-34-24/h8-9,11-12,14-15,20,23H,2-7,10,13,16-17H2,1H3,(H,30,33). The van der Waals surface area contributed by atoms with Crippen LogP contribution in [0.3, 0.4) is 0 Å². The van der Waals surface area contributed by atoms with Crippen molar-refractivity contribution in [3.63, 3.8) is 0 Å². The molecule has 0 bridgehead atoms. The third-order valence-electron chi connectivity index (χ3n) is 6.74. The Balaban J connectivity index is 1.49. The lowest BCUT2D eigenvalue weighted by Crippen LogP contribution is -2.51. The predicted octanol–water partition coefficient (Wildman–Crippen LogP) is 5.91. The molecule has 35 heavy (non-hydrogen) atoms. The van der Waals surface area contributed by atoms with Gasteiger partial charge in [0.25, 0.3) is 0 Å². The van der Waals surface area contributed by atoms with E-state index in [-0.39, 0.29) is 37.6 Å². The normalized spacial score (nSPS) is 16.1. The minimum absolute atomic E-state index is 0.0839. The summed E-state index contributed by atoms with van der Waals surface area (Å²) in [6.07, 6.45) is 6.79. The second-order valence-electron chi connectivity index (χ2n) is 9.23. The minimum atomic E-state index is -0.560. The van der Waals surface area contributed by atoms with Crippen molar-refractivity contribution in [1.29, 1.82) is 0 Å². The van der Waals surface area contributed by atoms with Crippen molar-refractivity contribution in [3.8, 4) is 11.5 Å². The van der Waals surface area contributed by atoms with Gasteiger partial charge in [-0.3, -0.25) is 9.59 Å². The molecule has 0 saturated heterocycles. The van der Waals surface area contributed by atoms with Gasteiger partial charge in [0, 0.05) is 19.0 Å². The summed E-state index contributed by atoms with van der Waals surface area (Å²) in [6.45, 7) is 2.44. The van der Waals surface area contributed by atoms with E-state index in [1.165, 1.54) is 6.42 Å². The van der Waals surface area contributed by atoms with Crippen LogP contribution in [0.25, 0.3) is 0 Å². The van der Waals surface area contributed by atoms with Crippen molar-refractivity contribution in [2.75, 3.05) is 6.79 Å². The highest BCUT2D eigenvalue weighted by Crippen LogP contribution is 2.33. The molecule has 0 aromatic heterocycles. The van der Waals surface area contributed by atoms with Crippen LogP contribution in [0.15, 0.2) is 36.4 Å². The molecule has 1 N–H and O–H groups in total. The molecule has 1 saturated carbocycles. The van der Waals surface area contributed by atoms with E-state index in [0.29, 0.717) is 34.4 Å². The maximum absolute atomic E-state index is 13.5. The number of carbonyl (C=O) groups excluding carboxylic acids is 2. The highest BCUT2D eigenvalue weighted by Gasteiger charge is 2.30. The number of hydrogen-bond donors (Lipinski definition) is 1. The Kier molecular flexibility index (Phi) is 8.79. The Morgan fingerprint density at radius 1 is 1.00 bits per heavy atom. The molecule has 1 aliphatic heterocycles. The molecule has 0 radical (unpaired) electrons. The summed E-state index contributed by atoms with van der Waals surface area (Å²) >= 11 is 12.3. The number of nitrogens with one attached hydrogen (secondary N) is 1. The molecule has 8 heteroatoms. The fourth-order valence-electron chi connectivity index (χ4n) is 4.79. The molecule has 6 nitrogen and oxygen atoms in total. The number of amides is 2. The van der Waals surface area contributed by atoms with E-state index in [1.807, 2.05) is 31.2 Å². The SMILES string of the molecule is CCC(C(=O)NC1CCCCC1)N(Cc1ccc(Cl)c(Cl)c1)C(=O)CCc1ccc2c(c1)OCO2. The first-order chi connectivity index (χ1) is 16.9. The number of halogens is 2. The summed E-state index contributed by atoms with van der Waals surface area (Å²) in [6, 6.07) is 10.7. The average molecular weight is 519 g/mol. The smallest absolute Gasteiger partial charge is 0.243 e. The molecular weight excluding hydrogens is 487 g/mol. The average Bonchev–Trinajstić information content (AvgIpc) is 3.33. The van der Waals surface area contributed by atoms with Gasteiger partial charge in [0.1, 0.15) is 6.04 Å². The molecule has 2 amide bonds. The molecule has 1 fully saturated rings. The van der Waals surface area contributed by atoms with Gasteiger partial charge in [0.2, 0.25) is 18.6 Å². The lowest BCUT2D eigenvalue weighted by molar-refractivity contribution is -0.141. The quantitative estimate of drug-likeness (QED) is 0.447. The van der Waals surface area contributed by atoms with Crippen LogP contribution in [-0.2, 0) is 22.6 Å². The van der Waals surface area contributed by atoms with E-state index in [0.717, 1.165) is 36.8 Å². The highest BCUT2D eigenvalue weighted by molar-refractivity contribution is 6.42. The number of fused-ring (bicyclic) bond motifs is 1. The van der Waals surface area contributed by atoms with E-state index in [4.69, 9.17) is 32.7 Å². The Hall–Kier alpha value is -2.44. The van der Waals surface area contributed by atoms with Crippen LogP contribution in [0, 0.1) is 0 Å². The molecule has 2 aliphatic rings. The highest BCUT2D eigenvalue weighted by atomic mass is 35.5. The third kappa shape index (κ3) is 6.62. The molecule has 1 atom stereocenters. The van der Waals surface area contributed by atoms with E-state index in [9.17, 15) is 9.59 Å². The van der Waals surface area contributed by atoms with Gasteiger partial charge in [-0.1, -0.05) is 61.5 Å². The Morgan fingerprint density at radius 2 is 1.74 bits per heavy atom. The van der Waals surface area contributed by atoms with Crippen molar-refractivity contribution in [2.24, 2.45) is 0 Å².